The lowest BCUT2D eigenvalue weighted by Gasteiger charge is -2.39. The first-order chi connectivity index (χ1) is 15.8. The van der Waals surface area contributed by atoms with E-state index in [0.717, 1.165) is 6.26 Å². The Bertz CT molecular complexity index is 1210. The number of nitrogens with one attached hydrogen (secondary N) is 1. The predicted octanol–water partition coefficient (Wildman–Crippen LogP) is -0.122. The van der Waals surface area contributed by atoms with E-state index >= 15 is 0 Å². The molecule has 0 aliphatic carbocycles. The fourth-order valence-corrected chi connectivity index (χ4v) is 8.02. The highest BCUT2D eigenvalue weighted by Gasteiger charge is 2.38. The van der Waals surface area contributed by atoms with E-state index in [9.17, 15) is 30.0 Å². The van der Waals surface area contributed by atoms with Crippen LogP contribution in [0.4, 0.5) is 0 Å². The third-order valence-corrected chi connectivity index (χ3v) is 11.4. The number of benzene rings is 1. The number of nitrogens with zero attached hydrogens (tertiary/aromatic N) is 3. The molecule has 2 heterocycles. The molecule has 0 radical (unpaired) electrons. The van der Waals surface area contributed by atoms with Crippen LogP contribution in [0.15, 0.2) is 34.1 Å². The number of hydrogen-bond donors (Lipinski definition) is 1. The maximum Gasteiger partial charge on any atom is 0.243 e. The molecule has 34 heavy (non-hydrogen) atoms. The van der Waals surface area contributed by atoms with Gasteiger partial charge in [-0.05, 0) is 37.1 Å². The van der Waals surface area contributed by atoms with Crippen molar-refractivity contribution in [2.75, 3.05) is 45.5 Å². The Balaban J connectivity index is 1.67. The van der Waals surface area contributed by atoms with Crippen LogP contribution in [-0.2, 0) is 34.9 Å². The van der Waals surface area contributed by atoms with Crippen LogP contribution in [0.5, 0.6) is 0 Å². The zero-order valence-electron chi connectivity index (χ0n) is 19.5. The molecule has 2 aliphatic heterocycles. The second-order valence-electron chi connectivity index (χ2n) is 8.55. The van der Waals surface area contributed by atoms with Crippen LogP contribution in [0.1, 0.15) is 26.7 Å². The third-order valence-electron chi connectivity index (χ3n) is 6.22. The maximum absolute atomic E-state index is 13.2. The first kappa shape index (κ1) is 27.0. The van der Waals surface area contributed by atoms with Gasteiger partial charge in [-0.2, -0.15) is 12.9 Å². The van der Waals surface area contributed by atoms with Gasteiger partial charge in [0.15, 0.2) is 0 Å². The molecule has 1 aromatic carbocycles. The molecule has 2 fully saturated rings. The number of carbonyl (C=O) groups excluding carboxylic acids is 1. The molecule has 1 unspecified atom stereocenters. The Morgan fingerprint density at radius 1 is 0.941 bits per heavy atom. The normalized spacial score (nSPS) is 21.4. The molecular formula is C20H32N4O7S3. The Kier molecular flexibility index (Phi) is 8.10. The van der Waals surface area contributed by atoms with E-state index < -0.39 is 36.0 Å². The van der Waals surface area contributed by atoms with Gasteiger partial charge in [0.05, 0.1) is 28.0 Å². The van der Waals surface area contributed by atoms with Crippen molar-refractivity contribution in [3.8, 4) is 0 Å². The van der Waals surface area contributed by atoms with E-state index in [1.165, 1.54) is 37.2 Å². The molecule has 2 aliphatic rings. The van der Waals surface area contributed by atoms with Crippen molar-refractivity contribution in [2.24, 2.45) is 5.92 Å². The van der Waals surface area contributed by atoms with Gasteiger partial charge in [0.25, 0.3) is 0 Å². The van der Waals surface area contributed by atoms with Gasteiger partial charge in [-0.1, -0.05) is 13.8 Å². The van der Waals surface area contributed by atoms with E-state index in [0.29, 0.717) is 25.9 Å². The summed E-state index contributed by atoms with van der Waals surface area (Å²) in [5.74, 6) is -0.836. The molecule has 0 bridgehead atoms. The maximum atomic E-state index is 13.2. The van der Waals surface area contributed by atoms with E-state index in [2.05, 4.69) is 5.32 Å². The van der Waals surface area contributed by atoms with Crippen LogP contribution in [-0.4, -0.2) is 95.6 Å². The van der Waals surface area contributed by atoms with Gasteiger partial charge < -0.3 is 5.32 Å². The molecule has 14 heteroatoms. The summed E-state index contributed by atoms with van der Waals surface area (Å²) >= 11 is 0. The quantitative estimate of drug-likeness (QED) is 0.464. The summed E-state index contributed by atoms with van der Waals surface area (Å²) < 4.78 is 78.4. The third kappa shape index (κ3) is 5.62. The minimum atomic E-state index is -3.91. The first-order valence-electron chi connectivity index (χ1n) is 11.2. The summed E-state index contributed by atoms with van der Waals surface area (Å²) in [4.78, 5) is 12.7. The van der Waals surface area contributed by atoms with Gasteiger partial charge in [-0.25, -0.2) is 25.3 Å². The lowest BCUT2D eigenvalue weighted by molar-refractivity contribution is -0.127. The van der Waals surface area contributed by atoms with E-state index in [1.54, 1.807) is 13.8 Å². The lowest BCUT2D eigenvalue weighted by atomic mass is 9.98. The summed E-state index contributed by atoms with van der Waals surface area (Å²) in [6.07, 6.45) is 2.15. The van der Waals surface area contributed by atoms with Gasteiger partial charge in [-0.3, -0.25) is 4.79 Å². The highest BCUT2D eigenvalue weighted by molar-refractivity contribution is 7.89. The SMILES string of the molecule is CCN(CC)S(=O)(=O)c1ccc(S(=O)(=O)N2CCCC(C(=O)NC3CN(S(C)(=O)=O)C3)C2)cc1. The molecular weight excluding hydrogens is 504 g/mol. The fourth-order valence-electron chi connectivity index (χ4n) is 4.14. The number of rotatable bonds is 9. The fraction of sp³-hybridized carbons (Fsp3) is 0.650. The molecule has 0 saturated carbocycles. The number of sulfonamides is 3. The number of carbonyl (C=O) groups is 1. The molecule has 1 amide bonds. The van der Waals surface area contributed by atoms with Crippen molar-refractivity contribution in [1.82, 2.24) is 18.2 Å². The minimum absolute atomic E-state index is 0.0101. The summed E-state index contributed by atoms with van der Waals surface area (Å²) in [6, 6.07) is 4.86. The van der Waals surface area contributed by atoms with Crippen molar-refractivity contribution in [3.63, 3.8) is 0 Å². The first-order valence-corrected chi connectivity index (χ1v) is 15.9. The number of amides is 1. The molecule has 1 aromatic rings. The Morgan fingerprint density at radius 2 is 1.50 bits per heavy atom. The van der Waals surface area contributed by atoms with Crippen LogP contribution in [0, 0.1) is 5.92 Å². The average molecular weight is 537 g/mol. The van der Waals surface area contributed by atoms with E-state index in [-0.39, 0.29) is 47.9 Å². The predicted molar refractivity (Wildman–Crippen MR) is 126 cm³/mol. The monoisotopic (exact) mass is 536 g/mol. The van der Waals surface area contributed by atoms with Crippen LogP contribution in [0.2, 0.25) is 0 Å². The molecule has 2 saturated heterocycles. The van der Waals surface area contributed by atoms with Gasteiger partial charge in [0.2, 0.25) is 36.0 Å². The summed E-state index contributed by atoms with van der Waals surface area (Å²) in [5, 5.41) is 2.81. The summed E-state index contributed by atoms with van der Waals surface area (Å²) in [6.45, 7) is 4.77. The standard InChI is InChI=1S/C20H32N4O7S3/c1-4-22(5-2)33(28,29)18-8-10-19(11-9-18)34(30,31)23-12-6-7-16(13-23)20(25)21-17-14-24(15-17)32(3,26)27/h8-11,16-17H,4-7,12-15H2,1-3H3,(H,21,25). The second kappa shape index (κ2) is 10.2. The number of hydrogen-bond acceptors (Lipinski definition) is 7. The topological polar surface area (TPSA) is 141 Å². The van der Waals surface area contributed by atoms with Crippen molar-refractivity contribution in [2.45, 2.75) is 42.5 Å². The van der Waals surface area contributed by atoms with E-state index in [4.69, 9.17) is 0 Å². The molecule has 11 nitrogen and oxygen atoms in total. The molecule has 192 valence electrons. The average Bonchev–Trinajstić information content (AvgIpc) is 2.75. The van der Waals surface area contributed by atoms with Crippen molar-refractivity contribution < 1.29 is 30.0 Å². The van der Waals surface area contributed by atoms with Gasteiger partial charge in [0, 0.05) is 39.3 Å². The van der Waals surface area contributed by atoms with Crippen molar-refractivity contribution in [1.29, 1.82) is 0 Å². The highest BCUT2D eigenvalue weighted by Crippen LogP contribution is 2.26. The summed E-state index contributed by atoms with van der Waals surface area (Å²) in [5.41, 5.74) is 0. The van der Waals surface area contributed by atoms with Crippen LogP contribution < -0.4 is 5.32 Å². The zero-order valence-corrected chi connectivity index (χ0v) is 22.0. The summed E-state index contributed by atoms with van der Waals surface area (Å²) in [7, 11) is -10.9. The minimum Gasteiger partial charge on any atom is -0.350 e. The Morgan fingerprint density at radius 3 is 2.03 bits per heavy atom. The van der Waals surface area contributed by atoms with Crippen molar-refractivity contribution >= 4 is 36.0 Å². The van der Waals surface area contributed by atoms with E-state index in [1.807, 2.05) is 0 Å². The molecule has 0 spiro atoms. The molecule has 3 rings (SSSR count). The molecule has 0 aromatic heterocycles. The second-order valence-corrected chi connectivity index (χ2v) is 14.4. The van der Waals surface area contributed by atoms with Crippen LogP contribution in [0.25, 0.3) is 0 Å². The zero-order chi connectivity index (χ0) is 25.3. The molecule has 1 atom stereocenters. The van der Waals surface area contributed by atoms with Crippen LogP contribution >= 0.6 is 0 Å². The Hall–Kier alpha value is -1.58. The smallest absolute Gasteiger partial charge is 0.243 e. The highest BCUT2D eigenvalue weighted by atomic mass is 32.2. The van der Waals surface area contributed by atoms with Crippen molar-refractivity contribution in [3.05, 3.63) is 24.3 Å². The molecule has 1 N–H and O–H groups in total. The Labute approximate surface area is 202 Å². The van der Waals surface area contributed by atoms with Gasteiger partial charge in [0.1, 0.15) is 0 Å². The van der Waals surface area contributed by atoms with Gasteiger partial charge >= 0.3 is 0 Å². The van der Waals surface area contributed by atoms with Gasteiger partial charge in [-0.15, -0.1) is 0 Å². The lowest BCUT2D eigenvalue weighted by Crippen LogP contribution is -2.61. The number of piperidine rings is 1. The van der Waals surface area contributed by atoms with Crippen LogP contribution in [0.3, 0.4) is 0 Å². The largest absolute Gasteiger partial charge is 0.350 e.